The molecule has 0 heterocycles. The van der Waals surface area contributed by atoms with E-state index in [0.29, 0.717) is 13.0 Å². The zero-order valence-electron chi connectivity index (χ0n) is 12.7. The van der Waals surface area contributed by atoms with Crippen molar-refractivity contribution in [2.45, 2.75) is 65.2 Å². The second-order valence-corrected chi connectivity index (χ2v) is 7.82. The van der Waals surface area contributed by atoms with Crippen LogP contribution < -0.4 is 5.73 Å². The molecule has 6 heteroatoms. The van der Waals surface area contributed by atoms with Crippen molar-refractivity contribution in [1.82, 2.24) is 4.31 Å². The van der Waals surface area contributed by atoms with Gasteiger partial charge in [0.05, 0.1) is 4.99 Å². The first-order chi connectivity index (χ1) is 8.72. The van der Waals surface area contributed by atoms with Crippen molar-refractivity contribution in [3.05, 3.63) is 0 Å². The van der Waals surface area contributed by atoms with Gasteiger partial charge in [0.1, 0.15) is 5.25 Å². The topological polar surface area (TPSA) is 63.4 Å². The Balaban J connectivity index is 5.50. The molecule has 0 saturated carbocycles. The Bertz CT molecular complexity index is 376. The molecule has 0 bridgehead atoms. The van der Waals surface area contributed by atoms with Crippen molar-refractivity contribution in [3.63, 3.8) is 0 Å². The molecule has 0 fully saturated rings. The van der Waals surface area contributed by atoms with E-state index in [9.17, 15) is 8.42 Å². The highest BCUT2D eigenvalue weighted by Crippen LogP contribution is 2.21. The number of nitrogens with two attached hydrogens (primary N) is 1. The summed E-state index contributed by atoms with van der Waals surface area (Å²) in [6, 6.07) is 0.0239. The van der Waals surface area contributed by atoms with Gasteiger partial charge in [-0.2, -0.15) is 4.31 Å². The predicted molar refractivity (Wildman–Crippen MR) is 85.7 cm³/mol. The van der Waals surface area contributed by atoms with Gasteiger partial charge in [-0.15, -0.1) is 0 Å². The van der Waals surface area contributed by atoms with Crippen molar-refractivity contribution in [2.75, 3.05) is 6.54 Å². The molecule has 0 amide bonds. The van der Waals surface area contributed by atoms with E-state index >= 15 is 0 Å². The molecule has 0 saturated heterocycles. The number of rotatable bonds is 9. The van der Waals surface area contributed by atoms with Crippen LogP contribution in [0.15, 0.2) is 0 Å². The van der Waals surface area contributed by atoms with E-state index in [1.54, 1.807) is 4.31 Å². The van der Waals surface area contributed by atoms with Gasteiger partial charge in [-0.3, -0.25) is 0 Å². The van der Waals surface area contributed by atoms with Gasteiger partial charge in [0.25, 0.3) is 0 Å². The van der Waals surface area contributed by atoms with Gasteiger partial charge in [0.2, 0.25) is 10.0 Å². The summed E-state index contributed by atoms with van der Waals surface area (Å²) in [5.41, 5.74) is 5.61. The Kier molecular flexibility index (Phi) is 8.08. The van der Waals surface area contributed by atoms with Gasteiger partial charge >= 0.3 is 0 Å². The van der Waals surface area contributed by atoms with Crippen molar-refractivity contribution in [1.29, 1.82) is 0 Å². The normalized spacial score (nSPS) is 14.3. The van der Waals surface area contributed by atoms with E-state index in [4.69, 9.17) is 18.0 Å². The SMILES string of the molecule is CCC(CC)N(CC(C)C)S(=O)(=O)C(CC)C(N)=S. The third-order valence-corrected chi connectivity index (χ3v) is 6.11. The number of hydrogen-bond acceptors (Lipinski definition) is 3. The maximum Gasteiger partial charge on any atom is 0.223 e. The Morgan fingerprint density at radius 2 is 1.63 bits per heavy atom. The van der Waals surface area contributed by atoms with E-state index in [2.05, 4.69) is 0 Å². The molecule has 0 aromatic rings. The van der Waals surface area contributed by atoms with Gasteiger partial charge < -0.3 is 5.73 Å². The Labute approximate surface area is 123 Å². The lowest BCUT2D eigenvalue weighted by Gasteiger charge is -2.33. The number of thiocarbonyl (C=S) groups is 1. The molecular formula is C13H28N2O2S2. The molecule has 0 radical (unpaired) electrons. The van der Waals surface area contributed by atoms with Crippen LogP contribution in [0.1, 0.15) is 53.9 Å². The number of hydrogen-bond donors (Lipinski definition) is 1. The lowest BCUT2D eigenvalue weighted by molar-refractivity contribution is 0.275. The zero-order valence-corrected chi connectivity index (χ0v) is 14.4. The van der Waals surface area contributed by atoms with Gasteiger partial charge in [0.15, 0.2) is 0 Å². The number of sulfonamides is 1. The highest BCUT2D eigenvalue weighted by molar-refractivity contribution is 7.92. The summed E-state index contributed by atoms with van der Waals surface area (Å²) in [5.74, 6) is 0.277. The molecular weight excluding hydrogens is 280 g/mol. The summed E-state index contributed by atoms with van der Waals surface area (Å²) in [7, 11) is -3.46. The van der Waals surface area contributed by atoms with Crippen LogP contribution in [0.4, 0.5) is 0 Å². The van der Waals surface area contributed by atoms with Crippen molar-refractivity contribution < 1.29 is 8.42 Å². The van der Waals surface area contributed by atoms with Gasteiger partial charge in [0, 0.05) is 12.6 Å². The second-order valence-electron chi connectivity index (χ2n) is 5.28. The average Bonchev–Trinajstić information content (AvgIpc) is 2.28. The Morgan fingerprint density at radius 3 is 1.89 bits per heavy atom. The Morgan fingerprint density at radius 1 is 1.16 bits per heavy atom. The Hall–Kier alpha value is -0.200. The minimum absolute atomic E-state index is 0.0239. The molecule has 0 aliphatic carbocycles. The monoisotopic (exact) mass is 308 g/mol. The molecule has 0 aromatic heterocycles. The largest absolute Gasteiger partial charge is 0.392 e. The molecule has 2 N–H and O–H groups in total. The van der Waals surface area contributed by atoms with Gasteiger partial charge in [-0.05, 0) is 25.2 Å². The predicted octanol–water partition coefficient (Wildman–Crippen LogP) is 2.53. The molecule has 0 aromatic carbocycles. The number of nitrogens with zero attached hydrogens (tertiary/aromatic N) is 1. The molecule has 0 rings (SSSR count). The van der Waals surface area contributed by atoms with Crippen molar-refractivity contribution >= 4 is 27.2 Å². The standard InChI is InChI=1S/C13H28N2O2S2/c1-6-11(7-2)15(9-10(4)5)19(16,17)12(8-3)13(14)18/h10-12H,6-9H2,1-5H3,(H2,14,18). The summed E-state index contributed by atoms with van der Waals surface area (Å²) in [6.07, 6.45) is 2.03. The van der Waals surface area contributed by atoms with E-state index in [1.165, 1.54) is 0 Å². The zero-order chi connectivity index (χ0) is 15.2. The van der Waals surface area contributed by atoms with Crippen LogP contribution in [0.3, 0.4) is 0 Å². The first-order valence-electron chi connectivity index (χ1n) is 7.02. The summed E-state index contributed by atoms with van der Waals surface area (Å²) in [5, 5.41) is -0.748. The first kappa shape index (κ1) is 18.8. The summed E-state index contributed by atoms with van der Waals surface area (Å²) in [6.45, 7) is 10.4. The van der Waals surface area contributed by atoms with Crippen molar-refractivity contribution in [2.24, 2.45) is 11.7 Å². The smallest absolute Gasteiger partial charge is 0.223 e. The molecule has 1 atom stereocenters. The third-order valence-electron chi connectivity index (χ3n) is 3.27. The van der Waals surface area contributed by atoms with E-state index in [0.717, 1.165) is 12.8 Å². The fraction of sp³-hybridized carbons (Fsp3) is 0.923. The van der Waals surface area contributed by atoms with E-state index < -0.39 is 15.3 Å². The van der Waals surface area contributed by atoms with E-state index in [1.807, 2.05) is 34.6 Å². The molecule has 0 aliphatic rings. The van der Waals surface area contributed by atoms with Crippen LogP contribution in [0.2, 0.25) is 0 Å². The summed E-state index contributed by atoms with van der Waals surface area (Å²) in [4.78, 5) is 0.0715. The molecule has 114 valence electrons. The van der Waals surface area contributed by atoms with Crippen LogP contribution in [0.5, 0.6) is 0 Å². The molecule has 1 unspecified atom stereocenters. The molecule has 19 heavy (non-hydrogen) atoms. The average molecular weight is 309 g/mol. The second kappa shape index (κ2) is 8.17. The quantitative estimate of drug-likeness (QED) is 0.665. The summed E-state index contributed by atoms with van der Waals surface area (Å²) < 4.78 is 27.1. The van der Waals surface area contributed by atoms with Crippen LogP contribution in [0, 0.1) is 5.92 Å². The fourth-order valence-corrected chi connectivity index (χ4v) is 5.03. The van der Waals surface area contributed by atoms with E-state index in [-0.39, 0.29) is 16.9 Å². The first-order valence-corrected chi connectivity index (χ1v) is 8.93. The van der Waals surface area contributed by atoms with Crippen LogP contribution in [-0.2, 0) is 10.0 Å². The van der Waals surface area contributed by atoms with Crippen LogP contribution >= 0.6 is 12.2 Å². The molecule has 0 aliphatic heterocycles. The third kappa shape index (κ3) is 5.00. The highest BCUT2D eigenvalue weighted by Gasteiger charge is 2.36. The summed E-state index contributed by atoms with van der Waals surface area (Å²) >= 11 is 4.93. The minimum Gasteiger partial charge on any atom is -0.392 e. The van der Waals surface area contributed by atoms with Gasteiger partial charge in [-0.1, -0.05) is 46.8 Å². The maximum absolute atomic E-state index is 12.8. The van der Waals surface area contributed by atoms with Gasteiger partial charge in [-0.25, -0.2) is 8.42 Å². The fourth-order valence-electron chi connectivity index (χ4n) is 2.24. The lowest BCUT2D eigenvalue weighted by atomic mass is 10.1. The van der Waals surface area contributed by atoms with Crippen LogP contribution in [0.25, 0.3) is 0 Å². The van der Waals surface area contributed by atoms with Crippen LogP contribution in [-0.4, -0.2) is 35.5 Å². The molecule has 0 spiro atoms. The minimum atomic E-state index is -3.46. The molecule has 4 nitrogen and oxygen atoms in total. The van der Waals surface area contributed by atoms with Crippen molar-refractivity contribution in [3.8, 4) is 0 Å². The maximum atomic E-state index is 12.8. The highest BCUT2D eigenvalue weighted by atomic mass is 32.2. The lowest BCUT2D eigenvalue weighted by Crippen LogP contribution is -2.49.